The van der Waals surface area contributed by atoms with E-state index >= 15 is 0 Å². The maximum atomic E-state index is 3.65. The zero-order valence-corrected chi connectivity index (χ0v) is 9.08. The predicted molar refractivity (Wildman–Crippen MR) is 60.5 cm³/mol. The molecule has 0 aromatic carbocycles. The van der Waals surface area contributed by atoms with Gasteiger partial charge in [-0.1, -0.05) is 31.2 Å². The Labute approximate surface area is 80.4 Å². The van der Waals surface area contributed by atoms with Gasteiger partial charge in [-0.15, -0.1) is 11.8 Å². The molecule has 0 heterocycles. The van der Waals surface area contributed by atoms with Crippen molar-refractivity contribution in [1.29, 1.82) is 0 Å². The number of thioether (sulfide) groups is 1. The largest absolute Gasteiger partial charge is 0.126 e. The molecule has 1 heteroatoms. The van der Waals surface area contributed by atoms with E-state index < -0.39 is 0 Å². The van der Waals surface area contributed by atoms with Crippen molar-refractivity contribution in [3.8, 4) is 0 Å². The lowest BCUT2D eigenvalue weighted by Gasteiger charge is -2.02. The fraction of sp³-hybridized carbons (Fsp3) is 0.455. The zero-order chi connectivity index (χ0) is 9.40. The van der Waals surface area contributed by atoms with Gasteiger partial charge in [-0.05, 0) is 32.1 Å². The van der Waals surface area contributed by atoms with E-state index in [2.05, 4.69) is 33.4 Å². The summed E-state index contributed by atoms with van der Waals surface area (Å²) in [5, 5.41) is 0. The molecular weight excluding hydrogens is 164 g/mol. The Morgan fingerprint density at radius 3 is 2.50 bits per heavy atom. The van der Waals surface area contributed by atoms with Crippen molar-refractivity contribution in [1.82, 2.24) is 0 Å². The first-order chi connectivity index (χ1) is 5.72. The quantitative estimate of drug-likeness (QED) is 0.575. The molecule has 0 atom stereocenters. The SMILES string of the molecule is C=C/C=C\C(SCCC)=C(C)C. The Morgan fingerprint density at radius 1 is 1.42 bits per heavy atom. The molecule has 0 aromatic heterocycles. The molecule has 0 spiro atoms. The Morgan fingerprint density at radius 2 is 2.08 bits per heavy atom. The first kappa shape index (κ1) is 11.6. The van der Waals surface area contributed by atoms with Crippen LogP contribution in [0.1, 0.15) is 27.2 Å². The monoisotopic (exact) mass is 182 g/mol. The van der Waals surface area contributed by atoms with Crippen molar-refractivity contribution < 1.29 is 0 Å². The molecular formula is C11H18S. The number of hydrogen-bond acceptors (Lipinski definition) is 1. The topological polar surface area (TPSA) is 0 Å². The van der Waals surface area contributed by atoms with E-state index in [9.17, 15) is 0 Å². The van der Waals surface area contributed by atoms with Gasteiger partial charge >= 0.3 is 0 Å². The van der Waals surface area contributed by atoms with Crippen LogP contribution in [0.5, 0.6) is 0 Å². The fourth-order valence-electron chi connectivity index (χ4n) is 0.727. The van der Waals surface area contributed by atoms with Gasteiger partial charge in [0.1, 0.15) is 0 Å². The van der Waals surface area contributed by atoms with Gasteiger partial charge in [0.15, 0.2) is 0 Å². The Balaban J connectivity index is 4.16. The van der Waals surface area contributed by atoms with Gasteiger partial charge in [0, 0.05) is 4.91 Å². The van der Waals surface area contributed by atoms with Gasteiger partial charge < -0.3 is 0 Å². The van der Waals surface area contributed by atoms with Crippen LogP contribution in [-0.2, 0) is 0 Å². The van der Waals surface area contributed by atoms with Crippen LogP contribution in [0.3, 0.4) is 0 Å². The summed E-state index contributed by atoms with van der Waals surface area (Å²) in [5.41, 5.74) is 1.38. The summed E-state index contributed by atoms with van der Waals surface area (Å²) in [6, 6.07) is 0. The summed E-state index contributed by atoms with van der Waals surface area (Å²) >= 11 is 1.91. The summed E-state index contributed by atoms with van der Waals surface area (Å²) in [5.74, 6) is 1.20. The Kier molecular flexibility index (Phi) is 6.97. The van der Waals surface area contributed by atoms with Crippen LogP contribution in [0.15, 0.2) is 35.3 Å². The third kappa shape index (κ3) is 5.25. The highest BCUT2D eigenvalue weighted by atomic mass is 32.2. The molecule has 0 radical (unpaired) electrons. The molecule has 0 amide bonds. The Hall–Kier alpha value is -0.430. The van der Waals surface area contributed by atoms with Crippen LogP contribution >= 0.6 is 11.8 Å². The van der Waals surface area contributed by atoms with E-state index in [1.54, 1.807) is 0 Å². The lowest BCUT2D eigenvalue weighted by Crippen LogP contribution is -1.79. The Bertz CT molecular complexity index is 183. The molecule has 0 aliphatic rings. The molecule has 0 aliphatic carbocycles. The lowest BCUT2D eigenvalue weighted by molar-refractivity contribution is 1.11. The summed E-state index contributed by atoms with van der Waals surface area (Å²) < 4.78 is 0. The minimum Gasteiger partial charge on any atom is -0.126 e. The average molecular weight is 182 g/mol. The van der Waals surface area contributed by atoms with Crippen molar-refractivity contribution in [2.24, 2.45) is 0 Å². The van der Waals surface area contributed by atoms with Crippen molar-refractivity contribution in [2.75, 3.05) is 5.75 Å². The normalized spacial score (nSPS) is 10.2. The van der Waals surface area contributed by atoms with E-state index in [1.807, 2.05) is 23.9 Å². The van der Waals surface area contributed by atoms with Gasteiger partial charge in [0.25, 0.3) is 0 Å². The molecule has 0 N–H and O–H groups in total. The minimum absolute atomic E-state index is 1.20. The third-order valence-electron chi connectivity index (χ3n) is 1.34. The summed E-state index contributed by atoms with van der Waals surface area (Å²) in [4.78, 5) is 1.37. The number of allylic oxidation sites excluding steroid dienone is 4. The van der Waals surface area contributed by atoms with Crippen molar-refractivity contribution >= 4 is 11.8 Å². The maximum Gasteiger partial charge on any atom is 0.00583 e. The molecule has 12 heavy (non-hydrogen) atoms. The third-order valence-corrected chi connectivity index (χ3v) is 2.81. The van der Waals surface area contributed by atoms with E-state index in [1.165, 1.54) is 22.7 Å². The van der Waals surface area contributed by atoms with Gasteiger partial charge in [0.05, 0.1) is 0 Å². The van der Waals surface area contributed by atoms with Gasteiger partial charge in [0.2, 0.25) is 0 Å². The summed E-state index contributed by atoms with van der Waals surface area (Å²) in [7, 11) is 0. The van der Waals surface area contributed by atoms with E-state index in [4.69, 9.17) is 0 Å². The van der Waals surface area contributed by atoms with Gasteiger partial charge in [-0.25, -0.2) is 0 Å². The molecule has 68 valence electrons. The summed E-state index contributed by atoms with van der Waals surface area (Å²) in [6.07, 6.45) is 7.16. The highest BCUT2D eigenvalue weighted by Crippen LogP contribution is 2.21. The molecule has 0 aliphatic heterocycles. The van der Waals surface area contributed by atoms with Crippen LogP contribution in [0, 0.1) is 0 Å². The van der Waals surface area contributed by atoms with Crippen LogP contribution in [0.2, 0.25) is 0 Å². The fourth-order valence-corrected chi connectivity index (χ4v) is 1.61. The first-order valence-corrected chi connectivity index (χ1v) is 5.30. The number of rotatable bonds is 5. The van der Waals surface area contributed by atoms with Crippen LogP contribution < -0.4 is 0 Å². The average Bonchev–Trinajstić information content (AvgIpc) is 2.04. The minimum atomic E-state index is 1.20. The van der Waals surface area contributed by atoms with Crippen molar-refractivity contribution in [3.05, 3.63) is 35.3 Å². The van der Waals surface area contributed by atoms with E-state index in [-0.39, 0.29) is 0 Å². The first-order valence-electron chi connectivity index (χ1n) is 4.31. The van der Waals surface area contributed by atoms with Crippen LogP contribution in [0.25, 0.3) is 0 Å². The van der Waals surface area contributed by atoms with Gasteiger partial charge in [-0.2, -0.15) is 0 Å². The summed E-state index contributed by atoms with van der Waals surface area (Å²) in [6.45, 7) is 10.1. The molecule has 0 rings (SSSR count). The molecule has 0 saturated carbocycles. The maximum absolute atomic E-state index is 3.65. The second-order valence-electron chi connectivity index (χ2n) is 2.81. The van der Waals surface area contributed by atoms with E-state index in [0.717, 1.165) is 0 Å². The van der Waals surface area contributed by atoms with Crippen LogP contribution in [0.4, 0.5) is 0 Å². The molecule has 0 aromatic rings. The van der Waals surface area contributed by atoms with Crippen molar-refractivity contribution in [2.45, 2.75) is 27.2 Å². The zero-order valence-electron chi connectivity index (χ0n) is 8.26. The van der Waals surface area contributed by atoms with Crippen LogP contribution in [-0.4, -0.2) is 5.75 Å². The molecule has 0 saturated heterocycles. The second-order valence-corrected chi connectivity index (χ2v) is 3.94. The lowest BCUT2D eigenvalue weighted by atomic mass is 10.3. The number of hydrogen-bond donors (Lipinski definition) is 0. The predicted octanol–water partition coefficient (Wildman–Crippen LogP) is 4.17. The smallest absolute Gasteiger partial charge is 0.00583 e. The molecule has 0 nitrogen and oxygen atoms in total. The van der Waals surface area contributed by atoms with Crippen molar-refractivity contribution in [3.63, 3.8) is 0 Å². The molecule has 0 bridgehead atoms. The molecule has 0 unspecified atom stereocenters. The standard InChI is InChI=1S/C11H18S/c1-5-7-8-11(10(3)4)12-9-6-2/h5,7-8H,1,6,9H2,2-4H3/b8-7-. The second kappa shape index (κ2) is 7.23. The molecule has 0 fully saturated rings. The van der Waals surface area contributed by atoms with E-state index in [0.29, 0.717) is 0 Å². The highest BCUT2D eigenvalue weighted by Gasteiger charge is 1.93. The van der Waals surface area contributed by atoms with Gasteiger partial charge in [-0.3, -0.25) is 0 Å². The highest BCUT2D eigenvalue weighted by molar-refractivity contribution is 8.03.